The maximum absolute atomic E-state index is 11.1. The van der Waals surface area contributed by atoms with Gasteiger partial charge in [0.05, 0.1) is 5.75 Å². The van der Waals surface area contributed by atoms with Crippen molar-refractivity contribution in [2.75, 3.05) is 11.5 Å². The van der Waals surface area contributed by atoms with Gasteiger partial charge in [-0.2, -0.15) is 5.10 Å². The molecule has 0 unspecified atom stereocenters. The Bertz CT molecular complexity index is 545. The van der Waals surface area contributed by atoms with Crippen LogP contribution in [-0.2, 0) is 10.0 Å². The molecule has 1 aromatic heterocycles. The fourth-order valence-electron chi connectivity index (χ4n) is 0.689. The van der Waals surface area contributed by atoms with Crippen molar-refractivity contribution in [1.29, 1.82) is 0 Å². The average molecular weight is 252 g/mol. The van der Waals surface area contributed by atoms with Gasteiger partial charge in [0.2, 0.25) is 10.0 Å². The second kappa shape index (κ2) is 4.59. The van der Waals surface area contributed by atoms with Crippen LogP contribution in [-0.4, -0.2) is 35.1 Å². The number of nitrogens with zero attached hydrogens (tertiary/aromatic N) is 1. The number of primary sulfonamides is 1. The summed E-state index contributed by atoms with van der Waals surface area (Å²) in [6.07, 6.45) is 0. The monoisotopic (exact) mass is 252 g/mol. The fourth-order valence-corrected chi connectivity index (χ4v) is 2.44. The lowest BCUT2D eigenvalue weighted by molar-refractivity contribution is 0.599. The Balaban J connectivity index is 2.67. The van der Waals surface area contributed by atoms with Crippen LogP contribution in [0.5, 0.6) is 0 Å². The third-order valence-corrected chi connectivity index (χ3v) is 3.28. The van der Waals surface area contributed by atoms with E-state index in [1.807, 2.05) is 10.1 Å². The van der Waals surface area contributed by atoms with Gasteiger partial charge < -0.3 is 0 Å². The van der Waals surface area contributed by atoms with Crippen molar-refractivity contribution in [3.63, 3.8) is 0 Å². The quantitative estimate of drug-likeness (QED) is 0.521. The number of thioether (sulfide) groups is 1. The van der Waals surface area contributed by atoms with Crippen LogP contribution in [0.3, 0.4) is 0 Å². The van der Waals surface area contributed by atoms with Crippen molar-refractivity contribution in [2.24, 2.45) is 5.14 Å². The number of aromatic amines is 2. The molecule has 0 aromatic carbocycles. The highest BCUT2D eigenvalue weighted by Gasteiger charge is 2.06. The minimum atomic E-state index is -3.55. The predicted molar refractivity (Wildman–Crippen MR) is 54.2 cm³/mol. The number of nitrogens with two attached hydrogens (primary N) is 1. The van der Waals surface area contributed by atoms with E-state index in [2.05, 4.69) is 5.10 Å². The van der Waals surface area contributed by atoms with Crippen molar-refractivity contribution >= 4 is 21.8 Å². The summed E-state index contributed by atoms with van der Waals surface area (Å²) in [6.45, 7) is 0. The molecule has 0 bridgehead atoms. The van der Waals surface area contributed by atoms with Crippen LogP contribution in [0.4, 0.5) is 0 Å². The minimum absolute atomic E-state index is 0.00162. The number of H-pyrrole nitrogens is 2. The molecule has 4 N–H and O–H groups in total. The first-order valence-electron chi connectivity index (χ1n) is 3.71. The van der Waals surface area contributed by atoms with Gasteiger partial charge in [-0.1, -0.05) is 11.8 Å². The molecule has 1 rings (SSSR count). The highest BCUT2D eigenvalue weighted by atomic mass is 32.2. The van der Waals surface area contributed by atoms with Gasteiger partial charge in [0, 0.05) is 5.75 Å². The lowest BCUT2D eigenvalue weighted by Crippen LogP contribution is -2.25. The second-order valence-corrected chi connectivity index (χ2v) is 5.35. The summed E-state index contributed by atoms with van der Waals surface area (Å²) in [5, 5.41) is 10.2. The van der Waals surface area contributed by atoms with E-state index in [0.29, 0.717) is 0 Å². The van der Waals surface area contributed by atoms with E-state index in [1.54, 1.807) is 0 Å². The van der Waals surface area contributed by atoms with E-state index in [9.17, 15) is 18.0 Å². The topological polar surface area (TPSA) is 139 Å². The second-order valence-electron chi connectivity index (χ2n) is 2.53. The molecule has 1 heterocycles. The number of aromatic nitrogens is 3. The first-order valence-corrected chi connectivity index (χ1v) is 6.41. The largest absolute Gasteiger partial charge is 0.342 e. The standard InChI is InChI=1S/C5H8N4O4S2/c6-15(12,13)2-1-14-4-3(10)7-5(11)9-8-4/h1-2H2,(H2,6,12,13)(H2,7,9,10,11). The third-order valence-electron chi connectivity index (χ3n) is 1.29. The molecule has 0 aliphatic heterocycles. The Labute approximate surface area is 88.3 Å². The molecule has 0 spiro atoms. The van der Waals surface area contributed by atoms with E-state index in [1.165, 1.54) is 0 Å². The van der Waals surface area contributed by atoms with Gasteiger partial charge in [-0.15, -0.1) is 0 Å². The van der Waals surface area contributed by atoms with Crippen LogP contribution in [0.25, 0.3) is 0 Å². The SMILES string of the molecule is NS(=O)(=O)CCSc1n[nH]c(=O)[nH]c1=O. The average Bonchev–Trinajstić information content (AvgIpc) is 2.07. The van der Waals surface area contributed by atoms with Crippen LogP contribution < -0.4 is 16.4 Å². The lowest BCUT2D eigenvalue weighted by atomic mass is 10.8. The summed E-state index contributed by atoms with van der Waals surface area (Å²) >= 11 is 0.898. The van der Waals surface area contributed by atoms with Crippen LogP contribution in [0.15, 0.2) is 14.6 Å². The predicted octanol–water partition coefficient (Wildman–Crippen LogP) is -2.16. The lowest BCUT2D eigenvalue weighted by Gasteiger charge is -1.97. The molecule has 0 atom stereocenters. The molecule has 0 saturated heterocycles. The highest BCUT2D eigenvalue weighted by Crippen LogP contribution is 2.07. The molecule has 0 amide bonds. The Morgan fingerprint density at radius 3 is 2.60 bits per heavy atom. The van der Waals surface area contributed by atoms with Crippen molar-refractivity contribution in [1.82, 2.24) is 15.2 Å². The van der Waals surface area contributed by atoms with Gasteiger partial charge in [0.15, 0.2) is 5.03 Å². The Kier molecular flexibility index (Phi) is 3.66. The van der Waals surface area contributed by atoms with Gasteiger partial charge in [0.25, 0.3) is 5.56 Å². The fraction of sp³-hybridized carbons (Fsp3) is 0.400. The molecule has 15 heavy (non-hydrogen) atoms. The highest BCUT2D eigenvalue weighted by molar-refractivity contribution is 8.00. The Morgan fingerprint density at radius 2 is 2.07 bits per heavy atom. The van der Waals surface area contributed by atoms with Crippen molar-refractivity contribution in [3.05, 3.63) is 20.8 Å². The van der Waals surface area contributed by atoms with E-state index in [4.69, 9.17) is 5.14 Å². The Hall–Kier alpha value is -1.13. The number of nitrogens with one attached hydrogen (secondary N) is 2. The normalized spacial score (nSPS) is 11.5. The molecular weight excluding hydrogens is 244 g/mol. The number of sulfonamides is 1. The molecule has 10 heteroatoms. The summed E-state index contributed by atoms with van der Waals surface area (Å²) in [6, 6.07) is 0. The zero-order chi connectivity index (χ0) is 11.5. The van der Waals surface area contributed by atoms with Gasteiger partial charge >= 0.3 is 5.69 Å². The van der Waals surface area contributed by atoms with Crippen LogP contribution in [0, 0.1) is 0 Å². The maximum atomic E-state index is 11.1. The number of hydrogen-bond donors (Lipinski definition) is 3. The van der Waals surface area contributed by atoms with Gasteiger partial charge in [-0.25, -0.2) is 23.4 Å². The van der Waals surface area contributed by atoms with Crippen molar-refractivity contribution in [3.8, 4) is 0 Å². The van der Waals surface area contributed by atoms with Crippen LogP contribution in [0.1, 0.15) is 0 Å². The van der Waals surface area contributed by atoms with Crippen molar-refractivity contribution in [2.45, 2.75) is 5.03 Å². The summed E-state index contributed by atoms with van der Waals surface area (Å²) < 4.78 is 21.1. The molecule has 0 saturated carbocycles. The maximum Gasteiger partial charge on any atom is 0.342 e. The van der Waals surface area contributed by atoms with E-state index in [0.717, 1.165) is 11.8 Å². The molecule has 8 nitrogen and oxygen atoms in total. The van der Waals surface area contributed by atoms with Gasteiger partial charge in [-0.05, 0) is 0 Å². The molecule has 1 aromatic rings. The van der Waals surface area contributed by atoms with Crippen LogP contribution >= 0.6 is 11.8 Å². The summed E-state index contributed by atoms with van der Waals surface area (Å²) in [7, 11) is -3.55. The number of hydrogen-bond acceptors (Lipinski definition) is 6. The zero-order valence-corrected chi connectivity index (χ0v) is 9.02. The van der Waals surface area contributed by atoms with Gasteiger partial charge in [0.1, 0.15) is 0 Å². The zero-order valence-electron chi connectivity index (χ0n) is 7.39. The molecule has 0 aliphatic carbocycles. The summed E-state index contributed by atoms with van der Waals surface area (Å²) in [4.78, 5) is 23.6. The smallest absolute Gasteiger partial charge is 0.271 e. The van der Waals surface area contributed by atoms with Crippen LogP contribution in [0.2, 0.25) is 0 Å². The van der Waals surface area contributed by atoms with E-state index in [-0.39, 0.29) is 16.5 Å². The molecular formula is C5H8N4O4S2. The van der Waals surface area contributed by atoms with Gasteiger partial charge in [-0.3, -0.25) is 9.78 Å². The molecule has 84 valence electrons. The third kappa shape index (κ3) is 4.27. The number of rotatable bonds is 4. The first kappa shape index (κ1) is 11.9. The summed E-state index contributed by atoms with van der Waals surface area (Å²) in [5.74, 6) is -0.168. The minimum Gasteiger partial charge on any atom is -0.271 e. The summed E-state index contributed by atoms with van der Waals surface area (Å²) in [5.41, 5.74) is -1.37. The Morgan fingerprint density at radius 1 is 1.40 bits per heavy atom. The van der Waals surface area contributed by atoms with E-state index >= 15 is 0 Å². The molecule has 0 fully saturated rings. The molecule has 0 aliphatic rings. The van der Waals surface area contributed by atoms with Crippen molar-refractivity contribution < 1.29 is 8.42 Å². The van der Waals surface area contributed by atoms with E-state index < -0.39 is 21.3 Å². The first-order chi connectivity index (χ1) is 6.88. The molecule has 0 radical (unpaired) electrons.